The van der Waals surface area contributed by atoms with Crippen LogP contribution < -0.4 is 36.9 Å². The van der Waals surface area contributed by atoms with Crippen molar-refractivity contribution in [3.05, 3.63) is 84.6 Å². The highest BCUT2D eigenvalue weighted by atomic mass is 16.8. The summed E-state index contributed by atoms with van der Waals surface area (Å²) in [6, 6.07) is 2.29. The molecule has 0 bridgehead atoms. The number of carbonyl (C=O) groups is 7. The highest BCUT2D eigenvalue weighted by Crippen LogP contribution is 2.30. The van der Waals surface area contributed by atoms with Crippen molar-refractivity contribution in [1.29, 1.82) is 0 Å². The molecule has 0 radical (unpaired) electrons. The van der Waals surface area contributed by atoms with Gasteiger partial charge in [-0.3, -0.25) is 44.0 Å². The molecule has 0 saturated carbocycles. The highest BCUT2D eigenvalue weighted by Gasteiger charge is 2.39. The van der Waals surface area contributed by atoms with Crippen molar-refractivity contribution in [1.82, 2.24) is 41.0 Å². The molecule has 400 valence electrons. The van der Waals surface area contributed by atoms with Gasteiger partial charge in [0, 0.05) is 44.0 Å². The van der Waals surface area contributed by atoms with Crippen LogP contribution >= 0.6 is 0 Å². The molecule has 7 amide bonds. The van der Waals surface area contributed by atoms with Crippen LogP contribution in [0, 0.1) is 17.8 Å². The summed E-state index contributed by atoms with van der Waals surface area (Å²) in [5.74, 6) is -6.13. The number of hydrogen-bond acceptors (Lipinski definition) is 11. The Morgan fingerprint density at radius 2 is 1.22 bits per heavy atom. The van der Waals surface area contributed by atoms with E-state index < -0.39 is 101 Å². The molecule has 0 unspecified atom stereocenters. The number of benzene rings is 2. The van der Waals surface area contributed by atoms with Crippen molar-refractivity contribution >= 4 is 57.9 Å². The van der Waals surface area contributed by atoms with Crippen molar-refractivity contribution in [3.63, 3.8) is 0 Å². The number of rotatable bonds is 15. The molecule has 0 spiro atoms. The predicted octanol–water partition coefficient (Wildman–Crippen LogP) is 4.22. The number of allylic oxidation sites excluding steroid dienone is 2. The Morgan fingerprint density at radius 1 is 0.699 bits per heavy atom. The Labute approximate surface area is 429 Å². The fraction of sp³-hybridized carbons (Fsp3) is 0.537. The molecule has 2 heterocycles. The Hall–Kier alpha value is -6.73. The third kappa shape index (κ3) is 15.4. The predicted molar refractivity (Wildman–Crippen MR) is 277 cm³/mol. The molecule has 1 aliphatic heterocycles. The van der Waals surface area contributed by atoms with Gasteiger partial charge in [0.25, 0.3) is 0 Å². The Bertz CT molecular complexity index is 2500. The summed E-state index contributed by atoms with van der Waals surface area (Å²) in [6.45, 7) is 22.4. The molecule has 4 rings (SSSR count). The number of carbonyl (C=O) groups excluding carboxylic acids is 7. The summed E-state index contributed by atoms with van der Waals surface area (Å²) in [4.78, 5) is 105. The van der Waals surface area contributed by atoms with Crippen molar-refractivity contribution < 1.29 is 49.1 Å². The molecule has 2 aromatic carbocycles. The molecule has 73 heavy (non-hydrogen) atoms. The maximum absolute atomic E-state index is 15.3. The maximum Gasteiger partial charge on any atom is 0.245 e. The van der Waals surface area contributed by atoms with E-state index in [2.05, 4.69) is 33.2 Å². The number of para-hydroxylation sites is 1. The molecule has 0 aliphatic carbocycles. The van der Waals surface area contributed by atoms with Crippen LogP contribution in [0.1, 0.15) is 106 Å². The zero-order chi connectivity index (χ0) is 54.6. The summed E-state index contributed by atoms with van der Waals surface area (Å²) in [5, 5.41) is 46.6. The smallest absolute Gasteiger partial charge is 0.245 e. The van der Waals surface area contributed by atoms with E-state index in [9.17, 15) is 44.3 Å². The van der Waals surface area contributed by atoms with E-state index in [1.807, 2.05) is 90.4 Å². The Morgan fingerprint density at radius 3 is 1.78 bits per heavy atom. The average Bonchev–Trinajstić information content (AvgIpc) is 3.70. The average molecular weight is 1010 g/mol. The van der Waals surface area contributed by atoms with Gasteiger partial charge in [0.05, 0.1) is 11.2 Å². The molecule has 7 N–H and O–H groups in total. The second-order valence-corrected chi connectivity index (χ2v) is 21.0. The van der Waals surface area contributed by atoms with Gasteiger partial charge < -0.3 is 46.1 Å². The van der Waals surface area contributed by atoms with Gasteiger partial charge in [-0.1, -0.05) is 95.9 Å². The molecule has 3 aromatic rings. The number of anilines is 1. The molecule has 19 heteroatoms. The van der Waals surface area contributed by atoms with Crippen LogP contribution in [0.15, 0.2) is 73.5 Å². The summed E-state index contributed by atoms with van der Waals surface area (Å²) in [5.41, 5.74) is 0.648. The standard InChI is InChI=1S/C54H79N9O10/c1-14-16-20-38-47(65)59-41(29-36-30-62(54(10,11)15-2)42-21-18-17-19-37(36)42)53(71)61(13)45(26-33(7)8)51(69)58-40(27-35-22-23-46(64)43(28-35)63(72)73)48(66)55-34(9)52(70)60(12)44(25-32(5)6)50(68)57-39(24-31(3)4)49(67)56-38/h14-19,21-23,28,30-34,38-41,44-45,64,72-73H,2,20,24-27,29H2,1,3-13H3,(H,55,66)(H,56,67)(H,57,68)(H,58,69)(H,59,65)/p-1/t34-,38+,39-,40+,41-,44-,45+/m0/s1. The summed E-state index contributed by atoms with van der Waals surface area (Å²) >= 11 is 0. The molecule has 1 saturated heterocycles. The third-order valence-corrected chi connectivity index (χ3v) is 13.2. The van der Waals surface area contributed by atoms with E-state index in [0.29, 0.717) is 5.56 Å². The van der Waals surface area contributed by atoms with Gasteiger partial charge in [0.1, 0.15) is 42.3 Å². The summed E-state index contributed by atoms with van der Waals surface area (Å²) < 4.78 is 2.03. The lowest BCUT2D eigenvalue weighted by molar-refractivity contribution is -0.268. The minimum Gasteiger partial charge on any atom is -0.871 e. The minimum absolute atomic E-state index is 0.0135. The van der Waals surface area contributed by atoms with E-state index in [1.54, 1.807) is 25.2 Å². The van der Waals surface area contributed by atoms with Crippen LogP contribution in [0.25, 0.3) is 10.9 Å². The van der Waals surface area contributed by atoms with Gasteiger partial charge in [-0.15, -0.1) is 11.8 Å². The first-order valence-electron chi connectivity index (χ1n) is 25.1. The summed E-state index contributed by atoms with van der Waals surface area (Å²) in [6.07, 6.45) is 7.17. The number of fused-ring (bicyclic) bond motifs is 1. The lowest BCUT2D eigenvalue weighted by Crippen LogP contribution is -2.60. The van der Waals surface area contributed by atoms with Gasteiger partial charge in [-0.05, 0) is 94.4 Å². The number of aromatic nitrogens is 1. The number of hydrogen-bond donors (Lipinski definition) is 7. The summed E-state index contributed by atoms with van der Waals surface area (Å²) in [7, 11) is 2.85. The number of likely N-dealkylation sites (N-methyl/N-ethyl adjacent to an activating group) is 2. The van der Waals surface area contributed by atoms with Crippen LogP contribution in [-0.4, -0.2) is 123 Å². The first-order valence-corrected chi connectivity index (χ1v) is 25.1. The first kappa shape index (κ1) is 58.8. The van der Waals surface area contributed by atoms with Crippen molar-refractivity contribution in [2.45, 2.75) is 156 Å². The lowest BCUT2D eigenvalue weighted by Gasteiger charge is -2.33. The zero-order valence-corrected chi connectivity index (χ0v) is 44.5. The molecular formula is C54H78N9O10-. The topological polar surface area (TPSA) is 258 Å². The zero-order valence-electron chi connectivity index (χ0n) is 44.5. The molecule has 1 aromatic heterocycles. The molecule has 7 atom stereocenters. The Kier molecular flexibility index (Phi) is 20.8. The largest absolute Gasteiger partial charge is 0.871 e. The molecular weight excluding hydrogens is 935 g/mol. The maximum atomic E-state index is 15.3. The molecule has 19 nitrogen and oxygen atoms in total. The fourth-order valence-electron chi connectivity index (χ4n) is 9.00. The quantitative estimate of drug-likeness (QED) is 0.0838. The highest BCUT2D eigenvalue weighted by molar-refractivity contribution is 5.99. The van der Waals surface area contributed by atoms with E-state index in [1.165, 1.54) is 36.9 Å². The minimum atomic E-state index is -1.48. The number of nitrogens with one attached hydrogen (secondary N) is 5. The van der Waals surface area contributed by atoms with E-state index in [4.69, 9.17) is 0 Å². The Balaban J connectivity index is 1.97. The number of amides is 7. The molecule has 1 fully saturated rings. The van der Waals surface area contributed by atoms with Crippen LogP contribution in [-0.2, 0) is 51.9 Å². The normalized spacial score (nSPS) is 22.9. The molecule has 1 aliphatic rings. The monoisotopic (exact) mass is 1010 g/mol. The third-order valence-electron chi connectivity index (χ3n) is 13.2. The van der Waals surface area contributed by atoms with Gasteiger partial charge in [0.15, 0.2) is 0 Å². The van der Waals surface area contributed by atoms with E-state index in [0.717, 1.165) is 23.0 Å². The van der Waals surface area contributed by atoms with Gasteiger partial charge in [0.2, 0.25) is 41.4 Å². The van der Waals surface area contributed by atoms with Crippen LogP contribution in [0.4, 0.5) is 5.69 Å². The second-order valence-electron chi connectivity index (χ2n) is 21.0. The van der Waals surface area contributed by atoms with Gasteiger partial charge >= 0.3 is 0 Å². The van der Waals surface area contributed by atoms with E-state index in [-0.39, 0.29) is 67.1 Å². The first-order chi connectivity index (χ1) is 34.2. The SMILES string of the molecule is C=CC(C)(C)n1cc(C[C@@H]2NC(=O)[C@@H](CC=CC)NC(=O)[C@H](CC(C)C)NC(=O)[C@H](CC(C)C)N(C)C(=O)[C@H](C)NC(=O)[C@@H](Cc3ccc([O-])c(N(O)O)c3)NC(=O)[C@@H](CC(C)C)N(C)C2=O)c2ccccc21. The van der Waals surface area contributed by atoms with Crippen molar-refractivity contribution in [2.75, 3.05) is 19.3 Å². The van der Waals surface area contributed by atoms with E-state index >= 15 is 4.79 Å². The lowest BCUT2D eigenvalue weighted by atomic mass is 9.98. The second kappa shape index (κ2) is 25.8. The van der Waals surface area contributed by atoms with Crippen LogP contribution in [0.5, 0.6) is 5.75 Å². The van der Waals surface area contributed by atoms with Gasteiger partial charge in [-0.25, -0.2) is 0 Å². The fourth-order valence-corrected chi connectivity index (χ4v) is 9.00. The van der Waals surface area contributed by atoms with Crippen LogP contribution in [0.2, 0.25) is 0 Å². The number of nitrogens with zero attached hydrogens (tertiary/aromatic N) is 4. The van der Waals surface area contributed by atoms with Crippen molar-refractivity contribution in [3.8, 4) is 5.75 Å². The van der Waals surface area contributed by atoms with Crippen molar-refractivity contribution in [2.24, 2.45) is 17.8 Å². The van der Waals surface area contributed by atoms with Crippen LogP contribution in [0.3, 0.4) is 0 Å². The van der Waals surface area contributed by atoms with Gasteiger partial charge in [-0.2, -0.15) is 0 Å².